The summed E-state index contributed by atoms with van der Waals surface area (Å²) < 4.78 is 13.7. The minimum Gasteiger partial charge on any atom is -0.481 e. The van der Waals surface area contributed by atoms with Crippen molar-refractivity contribution in [3.05, 3.63) is 35.6 Å². The van der Waals surface area contributed by atoms with E-state index in [9.17, 15) is 14.3 Å². The van der Waals surface area contributed by atoms with Crippen LogP contribution in [0.3, 0.4) is 0 Å². The Kier molecular flexibility index (Phi) is 5.34. The minimum absolute atomic E-state index is 0.227. The minimum atomic E-state index is -0.704. The molecule has 0 bridgehead atoms. The van der Waals surface area contributed by atoms with E-state index in [4.69, 9.17) is 0 Å². The second kappa shape index (κ2) is 7.03. The molecule has 1 aliphatic carbocycles. The normalized spacial score (nSPS) is 18.4. The van der Waals surface area contributed by atoms with Gasteiger partial charge in [0.1, 0.15) is 5.82 Å². The third kappa shape index (κ3) is 4.03. The zero-order chi connectivity index (χ0) is 15.3. The highest BCUT2D eigenvalue weighted by molar-refractivity contribution is 5.75. The molecule has 116 valence electrons. The number of hydrogen-bond donors (Lipinski definition) is 1. The first-order valence-electron chi connectivity index (χ1n) is 7.69. The molecule has 1 aliphatic rings. The molecule has 0 radical (unpaired) electrons. The highest BCUT2D eigenvalue weighted by atomic mass is 19.1. The second-order valence-corrected chi connectivity index (χ2v) is 6.26. The number of nitrogens with zero attached hydrogens (tertiary/aromatic N) is 1. The van der Waals surface area contributed by atoms with Gasteiger partial charge in [-0.1, -0.05) is 43.9 Å². The molecular weight excluding hydrogens is 269 g/mol. The lowest BCUT2D eigenvalue weighted by Gasteiger charge is -2.32. The summed E-state index contributed by atoms with van der Waals surface area (Å²) in [5.74, 6) is -0.931. The summed E-state index contributed by atoms with van der Waals surface area (Å²) in [5, 5.41) is 9.68. The quantitative estimate of drug-likeness (QED) is 0.842. The van der Waals surface area contributed by atoms with E-state index in [0.29, 0.717) is 18.7 Å². The molecule has 3 nitrogen and oxygen atoms in total. The van der Waals surface area contributed by atoms with Crippen molar-refractivity contribution in [3.63, 3.8) is 0 Å². The van der Waals surface area contributed by atoms with Crippen molar-refractivity contribution in [3.8, 4) is 0 Å². The first-order chi connectivity index (χ1) is 10.0. The van der Waals surface area contributed by atoms with Gasteiger partial charge in [0.05, 0.1) is 5.41 Å². The topological polar surface area (TPSA) is 40.5 Å². The molecule has 0 aliphatic heterocycles. The highest BCUT2D eigenvalue weighted by Gasteiger charge is 2.39. The third-order valence-corrected chi connectivity index (χ3v) is 4.49. The monoisotopic (exact) mass is 293 g/mol. The molecule has 0 unspecified atom stereocenters. The molecule has 0 aromatic heterocycles. The lowest BCUT2D eigenvalue weighted by atomic mass is 9.80. The summed E-state index contributed by atoms with van der Waals surface area (Å²) in [4.78, 5) is 13.7. The molecule has 0 saturated heterocycles. The van der Waals surface area contributed by atoms with Gasteiger partial charge in [-0.25, -0.2) is 4.39 Å². The molecule has 0 atom stereocenters. The maximum absolute atomic E-state index is 13.7. The van der Waals surface area contributed by atoms with Crippen LogP contribution in [0, 0.1) is 11.2 Å². The van der Waals surface area contributed by atoms with Gasteiger partial charge in [0.25, 0.3) is 0 Å². The van der Waals surface area contributed by atoms with E-state index in [1.807, 2.05) is 18.0 Å². The molecule has 2 rings (SSSR count). The van der Waals surface area contributed by atoms with Crippen LogP contribution >= 0.6 is 0 Å². The average Bonchev–Trinajstić information content (AvgIpc) is 2.68. The standard InChI is InChI=1S/C17H24FNO2/c1-19(12-14-8-4-5-9-15(14)18)13-17(16(20)21)10-6-2-3-7-11-17/h4-5,8-9H,2-3,6-7,10-13H2,1H3,(H,20,21). The number of carbonyl (C=O) groups is 1. The van der Waals surface area contributed by atoms with Crippen molar-refractivity contribution in [2.75, 3.05) is 13.6 Å². The van der Waals surface area contributed by atoms with E-state index in [2.05, 4.69) is 0 Å². The van der Waals surface area contributed by atoms with Gasteiger partial charge >= 0.3 is 5.97 Å². The molecule has 21 heavy (non-hydrogen) atoms. The third-order valence-electron chi connectivity index (χ3n) is 4.49. The zero-order valence-corrected chi connectivity index (χ0v) is 12.6. The van der Waals surface area contributed by atoms with Crippen LogP contribution in [-0.2, 0) is 11.3 Å². The first kappa shape index (κ1) is 16.0. The second-order valence-electron chi connectivity index (χ2n) is 6.26. The number of carboxylic acid groups (broad SMARTS) is 1. The summed E-state index contributed by atoms with van der Waals surface area (Å²) in [7, 11) is 1.88. The van der Waals surface area contributed by atoms with Crippen molar-refractivity contribution >= 4 is 5.97 Å². The van der Waals surface area contributed by atoms with Gasteiger partial charge in [-0.3, -0.25) is 4.79 Å². The van der Waals surface area contributed by atoms with Crippen molar-refractivity contribution in [1.29, 1.82) is 0 Å². The van der Waals surface area contributed by atoms with Crippen LogP contribution in [0.25, 0.3) is 0 Å². The van der Waals surface area contributed by atoms with E-state index >= 15 is 0 Å². The summed E-state index contributed by atoms with van der Waals surface area (Å²) in [6.07, 6.45) is 5.63. The number of carboxylic acids is 1. The van der Waals surface area contributed by atoms with Crippen LogP contribution in [0.1, 0.15) is 44.1 Å². The fourth-order valence-corrected chi connectivity index (χ4v) is 3.33. The number of rotatable bonds is 5. The molecule has 1 aromatic rings. The number of benzene rings is 1. The summed E-state index contributed by atoms with van der Waals surface area (Å²) in [6.45, 7) is 0.929. The van der Waals surface area contributed by atoms with E-state index in [1.165, 1.54) is 6.07 Å². The van der Waals surface area contributed by atoms with Gasteiger partial charge in [0.2, 0.25) is 0 Å². The molecular formula is C17H24FNO2. The van der Waals surface area contributed by atoms with E-state index < -0.39 is 11.4 Å². The predicted octanol–water partition coefficient (Wildman–Crippen LogP) is 3.68. The van der Waals surface area contributed by atoms with Gasteiger partial charge < -0.3 is 10.0 Å². The van der Waals surface area contributed by atoms with Gasteiger partial charge in [-0.15, -0.1) is 0 Å². The number of aliphatic carboxylic acids is 1. The molecule has 1 N–H and O–H groups in total. The molecule has 0 amide bonds. The molecule has 0 heterocycles. The van der Waals surface area contributed by atoms with Crippen molar-refractivity contribution < 1.29 is 14.3 Å². The van der Waals surface area contributed by atoms with Gasteiger partial charge in [-0.2, -0.15) is 0 Å². The van der Waals surface area contributed by atoms with E-state index in [-0.39, 0.29) is 5.82 Å². The number of halogens is 1. The van der Waals surface area contributed by atoms with Gasteiger partial charge in [0.15, 0.2) is 0 Å². The molecule has 1 fully saturated rings. The Labute approximate surface area is 125 Å². The smallest absolute Gasteiger partial charge is 0.310 e. The highest BCUT2D eigenvalue weighted by Crippen LogP contribution is 2.36. The molecule has 4 heteroatoms. The maximum atomic E-state index is 13.7. The summed E-state index contributed by atoms with van der Waals surface area (Å²) >= 11 is 0. The Morgan fingerprint density at radius 3 is 2.43 bits per heavy atom. The van der Waals surface area contributed by atoms with E-state index in [0.717, 1.165) is 38.5 Å². The van der Waals surface area contributed by atoms with E-state index in [1.54, 1.807) is 12.1 Å². The molecule has 0 spiro atoms. The molecule has 1 saturated carbocycles. The van der Waals surface area contributed by atoms with Gasteiger partial charge in [-0.05, 0) is 26.0 Å². The summed E-state index contributed by atoms with van der Waals surface area (Å²) in [5.41, 5.74) is -0.0505. The first-order valence-corrected chi connectivity index (χ1v) is 7.69. The van der Waals surface area contributed by atoms with Crippen LogP contribution in [0.2, 0.25) is 0 Å². The predicted molar refractivity (Wildman–Crippen MR) is 80.5 cm³/mol. The van der Waals surface area contributed by atoms with Crippen LogP contribution in [-0.4, -0.2) is 29.6 Å². The lowest BCUT2D eigenvalue weighted by Crippen LogP contribution is -2.41. The Morgan fingerprint density at radius 2 is 1.86 bits per heavy atom. The Morgan fingerprint density at radius 1 is 1.24 bits per heavy atom. The Bertz CT molecular complexity index is 481. The van der Waals surface area contributed by atoms with Crippen molar-refractivity contribution in [1.82, 2.24) is 4.90 Å². The summed E-state index contributed by atoms with van der Waals surface area (Å²) in [6, 6.07) is 6.68. The van der Waals surface area contributed by atoms with Crippen molar-refractivity contribution in [2.24, 2.45) is 5.41 Å². The Hall–Kier alpha value is -1.42. The number of hydrogen-bond acceptors (Lipinski definition) is 2. The van der Waals surface area contributed by atoms with Gasteiger partial charge in [0, 0.05) is 18.7 Å². The molecule has 1 aromatic carbocycles. The maximum Gasteiger partial charge on any atom is 0.310 e. The van der Waals surface area contributed by atoms with Crippen LogP contribution in [0.5, 0.6) is 0 Å². The van der Waals surface area contributed by atoms with Crippen LogP contribution in [0.15, 0.2) is 24.3 Å². The Balaban J connectivity index is 2.06. The fourth-order valence-electron chi connectivity index (χ4n) is 3.33. The average molecular weight is 293 g/mol. The zero-order valence-electron chi connectivity index (χ0n) is 12.6. The fraction of sp³-hybridized carbons (Fsp3) is 0.588. The largest absolute Gasteiger partial charge is 0.481 e. The lowest BCUT2D eigenvalue weighted by molar-refractivity contribution is -0.151. The van der Waals surface area contributed by atoms with Crippen LogP contribution in [0.4, 0.5) is 4.39 Å². The van der Waals surface area contributed by atoms with Crippen LogP contribution < -0.4 is 0 Å². The van der Waals surface area contributed by atoms with Crippen molar-refractivity contribution in [2.45, 2.75) is 45.1 Å². The SMILES string of the molecule is CN(Cc1ccccc1F)CC1(C(=O)O)CCCCCC1.